The number of anilines is 1. The summed E-state index contributed by atoms with van der Waals surface area (Å²) in [7, 11) is 6.16. The Morgan fingerprint density at radius 1 is 1.00 bits per heavy atom. The van der Waals surface area contributed by atoms with Crippen LogP contribution in [0.15, 0.2) is 36.5 Å². The highest BCUT2D eigenvalue weighted by Crippen LogP contribution is 2.45. The summed E-state index contributed by atoms with van der Waals surface area (Å²) in [5.41, 5.74) is 11.8. The smallest absolute Gasteiger partial charge is 0.283 e. The fourth-order valence-electron chi connectivity index (χ4n) is 3.41. The number of aromatic nitrogens is 1. The van der Waals surface area contributed by atoms with Gasteiger partial charge in [-0.15, -0.1) is 0 Å². The summed E-state index contributed by atoms with van der Waals surface area (Å²) in [6, 6.07) is 8.25. The van der Waals surface area contributed by atoms with Crippen molar-refractivity contribution < 1.29 is 46.7 Å². The van der Waals surface area contributed by atoms with E-state index < -0.39 is 17.9 Å². The van der Waals surface area contributed by atoms with E-state index in [1.54, 1.807) is 39.7 Å². The van der Waals surface area contributed by atoms with Gasteiger partial charge in [0.05, 0.1) is 45.4 Å². The summed E-state index contributed by atoms with van der Waals surface area (Å²) in [5, 5.41) is 2.77. The number of rotatable bonds is 10. The number of quaternary nitrogens is 1. The number of carbonyl (C=O) groups is 2. The average Bonchev–Trinajstić information content (AvgIpc) is 3.32. The molecule has 1 aromatic heterocycles. The summed E-state index contributed by atoms with van der Waals surface area (Å²) in [4.78, 5) is 24.5. The third-order valence-electron chi connectivity index (χ3n) is 5.08. The number of carbonyl (C=O) groups excluding carboxylic acids is 2. The van der Waals surface area contributed by atoms with E-state index in [2.05, 4.69) is 15.4 Å². The number of nitrogens with zero attached hydrogens (tertiary/aromatic N) is 1. The molecule has 6 N–H and O–H groups in total. The number of amides is 2. The zero-order valence-electron chi connectivity index (χ0n) is 19.7. The molecule has 0 bridgehead atoms. The molecular formula is C23H27ClN4O6S. The van der Waals surface area contributed by atoms with Gasteiger partial charge in [0.25, 0.3) is 5.91 Å². The van der Waals surface area contributed by atoms with Gasteiger partial charge < -0.3 is 48.1 Å². The number of nitrogens with one attached hydrogen (secondary N) is 1. The van der Waals surface area contributed by atoms with Crippen LogP contribution < -0.4 is 48.1 Å². The highest BCUT2D eigenvalue weighted by atomic mass is 35.5. The van der Waals surface area contributed by atoms with E-state index in [-0.39, 0.29) is 18.8 Å². The van der Waals surface area contributed by atoms with Gasteiger partial charge in [0, 0.05) is 17.3 Å². The van der Waals surface area contributed by atoms with Crippen molar-refractivity contribution >= 4 is 29.0 Å². The van der Waals surface area contributed by atoms with Crippen LogP contribution in [0.5, 0.6) is 23.0 Å². The lowest BCUT2D eigenvalue weighted by atomic mass is 10.0. The van der Waals surface area contributed by atoms with Crippen molar-refractivity contribution in [1.29, 1.82) is 0 Å². The van der Waals surface area contributed by atoms with Gasteiger partial charge in [-0.3, -0.25) is 9.59 Å². The Morgan fingerprint density at radius 2 is 1.63 bits per heavy atom. The van der Waals surface area contributed by atoms with Gasteiger partial charge in [-0.05, 0) is 41.4 Å². The van der Waals surface area contributed by atoms with E-state index in [0.29, 0.717) is 28.7 Å². The van der Waals surface area contributed by atoms with Gasteiger partial charge in [-0.25, -0.2) is 0 Å². The zero-order valence-corrected chi connectivity index (χ0v) is 21.3. The fourth-order valence-corrected chi connectivity index (χ4v) is 4.16. The summed E-state index contributed by atoms with van der Waals surface area (Å²) < 4.78 is 26.1. The molecule has 0 aliphatic carbocycles. The largest absolute Gasteiger partial charge is 1.00 e. The van der Waals surface area contributed by atoms with Crippen LogP contribution in [0.4, 0.5) is 5.69 Å². The molecule has 0 spiro atoms. The highest BCUT2D eigenvalue weighted by Gasteiger charge is 2.22. The lowest BCUT2D eigenvalue weighted by Gasteiger charge is -2.15. The number of methoxy groups -OCH3 is 4. The average molecular weight is 523 g/mol. The molecular weight excluding hydrogens is 496 g/mol. The van der Waals surface area contributed by atoms with Crippen LogP contribution in [0.3, 0.4) is 0 Å². The number of halogens is 1. The van der Waals surface area contributed by atoms with E-state index in [4.69, 9.17) is 24.7 Å². The Morgan fingerprint density at radius 3 is 2.17 bits per heavy atom. The van der Waals surface area contributed by atoms with Crippen LogP contribution in [0.25, 0.3) is 21.6 Å². The molecule has 188 valence electrons. The predicted octanol–water partition coefficient (Wildman–Crippen LogP) is -1.06. The van der Waals surface area contributed by atoms with Crippen LogP contribution in [0.1, 0.15) is 6.42 Å². The Bertz CT molecular complexity index is 1180. The first kappa shape index (κ1) is 27.7. The summed E-state index contributed by atoms with van der Waals surface area (Å²) in [6.07, 6.45) is 1.58. The first-order valence-electron chi connectivity index (χ1n) is 10.2. The van der Waals surface area contributed by atoms with Crippen LogP contribution in [0.2, 0.25) is 0 Å². The van der Waals surface area contributed by atoms with Crippen molar-refractivity contribution in [3.05, 3.63) is 36.5 Å². The molecule has 10 nitrogen and oxygen atoms in total. The van der Waals surface area contributed by atoms with E-state index in [0.717, 1.165) is 21.6 Å². The first-order valence-corrected chi connectivity index (χ1v) is 11.0. The second-order valence-electron chi connectivity index (χ2n) is 7.25. The van der Waals surface area contributed by atoms with Crippen molar-refractivity contribution in [2.75, 3.05) is 33.8 Å². The second kappa shape index (κ2) is 12.2. The van der Waals surface area contributed by atoms with E-state index in [9.17, 15) is 9.59 Å². The second-order valence-corrected chi connectivity index (χ2v) is 8.06. The Balaban J connectivity index is 0.00000432. The number of hydrogen-bond donors (Lipinski definition) is 3. The van der Waals surface area contributed by atoms with Crippen LogP contribution in [0, 0.1) is 0 Å². The van der Waals surface area contributed by atoms with E-state index >= 15 is 0 Å². The van der Waals surface area contributed by atoms with Crippen molar-refractivity contribution in [2.45, 2.75) is 12.5 Å². The summed E-state index contributed by atoms with van der Waals surface area (Å²) >= 11 is 1.31. The molecule has 1 heterocycles. The van der Waals surface area contributed by atoms with Crippen LogP contribution in [-0.2, 0) is 9.59 Å². The van der Waals surface area contributed by atoms with Gasteiger partial charge in [0.1, 0.15) is 5.75 Å². The topological polar surface area (TPSA) is 150 Å². The van der Waals surface area contributed by atoms with Crippen molar-refractivity contribution in [3.63, 3.8) is 0 Å². The lowest BCUT2D eigenvalue weighted by molar-refractivity contribution is -0.401. The van der Waals surface area contributed by atoms with Crippen molar-refractivity contribution in [1.82, 2.24) is 4.37 Å². The van der Waals surface area contributed by atoms with Gasteiger partial charge in [-0.2, -0.15) is 4.37 Å². The molecule has 2 amide bonds. The summed E-state index contributed by atoms with van der Waals surface area (Å²) in [5.74, 6) is 0.955. The Labute approximate surface area is 213 Å². The quantitative estimate of drug-likeness (QED) is 0.307. The Kier molecular flexibility index (Phi) is 9.69. The molecule has 0 aliphatic rings. The zero-order chi connectivity index (χ0) is 24.8. The standard InChI is InChI=1S/C23H26N4O6S.ClH/c1-30-17-6-5-12(7-16(17)27-23(29)15(24)10-20(25)28)14-11-26-34-22(14)13-8-18(31-2)21(33-4)19(9-13)32-3;/h5-9,11,15H,10,24H2,1-4H3,(H2,25,28)(H,27,29);1H/t15-;/m1./s1. The maximum atomic E-state index is 12.5. The molecule has 0 unspecified atom stereocenters. The molecule has 0 saturated carbocycles. The molecule has 0 radical (unpaired) electrons. The Hall–Kier alpha value is -3.54. The number of benzene rings is 2. The first-order chi connectivity index (χ1) is 16.3. The SMILES string of the molecule is COc1ccc(-c2cnsc2-c2cc(OC)c(OC)c(OC)c2)cc1NC(=O)[C@H]([NH3+])CC(N)=O.[Cl-]. The van der Waals surface area contributed by atoms with Crippen molar-refractivity contribution in [3.8, 4) is 44.6 Å². The molecule has 1 atom stereocenters. The van der Waals surface area contributed by atoms with Gasteiger partial charge in [0.15, 0.2) is 17.5 Å². The number of ether oxygens (including phenoxy) is 4. The minimum absolute atomic E-state index is 0. The fraction of sp³-hybridized carbons (Fsp3) is 0.261. The van der Waals surface area contributed by atoms with Gasteiger partial charge in [0.2, 0.25) is 11.7 Å². The molecule has 0 aliphatic heterocycles. The number of hydrogen-bond acceptors (Lipinski definition) is 8. The predicted molar refractivity (Wildman–Crippen MR) is 128 cm³/mol. The van der Waals surface area contributed by atoms with Crippen molar-refractivity contribution in [2.24, 2.45) is 5.73 Å². The molecule has 12 heteroatoms. The monoisotopic (exact) mass is 522 g/mol. The summed E-state index contributed by atoms with van der Waals surface area (Å²) in [6.45, 7) is 0. The van der Waals surface area contributed by atoms with Crippen LogP contribution >= 0.6 is 11.5 Å². The molecule has 2 aromatic carbocycles. The highest BCUT2D eigenvalue weighted by molar-refractivity contribution is 7.10. The molecule has 35 heavy (non-hydrogen) atoms. The van der Waals surface area contributed by atoms with E-state index in [1.165, 1.54) is 18.6 Å². The number of nitrogens with two attached hydrogens (primary N) is 1. The van der Waals surface area contributed by atoms with Gasteiger partial charge in [-0.1, -0.05) is 6.07 Å². The molecule has 3 rings (SSSR count). The minimum atomic E-state index is -0.830. The molecule has 0 fully saturated rings. The third kappa shape index (κ3) is 6.13. The van der Waals surface area contributed by atoms with Crippen LogP contribution in [-0.4, -0.2) is 50.7 Å². The lowest BCUT2D eigenvalue weighted by Crippen LogP contribution is -3.00. The maximum Gasteiger partial charge on any atom is 0.283 e. The molecule has 3 aromatic rings. The molecule has 0 saturated heterocycles. The van der Waals surface area contributed by atoms with Gasteiger partial charge >= 0.3 is 0 Å². The minimum Gasteiger partial charge on any atom is -1.00 e. The number of primary amides is 1. The van der Waals surface area contributed by atoms with E-state index in [1.807, 2.05) is 18.2 Å². The third-order valence-corrected chi connectivity index (χ3v) is 5.93. The normalized spacial score (nSPS) is 11.1. The maximum absolute atomic E-state index is 12.5.